The molecule has 0 radical (unpaired) electrons. The van der Waals surface area contributed by atoms with Gasteiger partial charge in [0, 0.05) is 31.4 Å². The van der Waals surface area contributed by atoms with E-state index >= 15 is 0 Å². The first-order chi connectivity index (χ1) is 14.0. The number of benzene rings is 2. The van der Waals surface area contributed by atoms with Gasteiger partial charge in [0.25, 0.3) is 5.91 Å². The molecule has 2 aromatic carbocycles. The first-order valence-corrected chi connectivity index (χ1v) is 9.04. The molecule has 148 valence electrons. The molecule has 0 spiro atoms. The summed E-state index contributed by atoms with van der Waals surface area (Å²) < 4.78 is 18.9. The number of pyridine rings is 1. The Labute approximate surface area is 167 Å². The van der Waals surface area contributed by atoms with Gasteiger partial charge in [-0.15, -0.1) is 0 Å². The lowest BCUT2D eigenvalue weighted by molar-refractivity contribution is -0.116. The quantitative estimate of drug-likeness (QED) is 0.637. The van der Waals surface area contributed by atoms with Crippen LogP contribution in [0.2, 0.25) is 0 Å². The number of ether oxygens (including phenoxy) is 1. The largest absolute Gasteiger partial charge is 0.457 e. The fourth-order valence-electron chi connectivity index (χ4n) is 2.63. The maximum absolute atomic E-state index is 13.2. The Kier molecular flexibility index (Phi) is 6.52. The molecule has 6 nitrogen and oxygen atoms in total. The maximum Gasteiger partial charge on any atom is 0.269 e. The predicted octanol–water partition coefficient (Wildman–Crippen LogP) is 3.94. The van der Waals surface area contributed by atoms with E-state index < -0.39 is 5.82 Å². The van der Waals surface area contributed by atoms with Gasteiger partial charge < -0.3 is 15.4 Å². The van der Waals surface area contributed by atoms with E-state index in [0.717, 1.165) is 5.56 Å². The molecule has 29 heavy (non-hydrogen) atoms. The minimum Gasteiger partial charge on any atom is -0.457 e. The highest BCUT2D eigenvalue weighted by atomic mass is 19.1. The van der Waals surface area contributed by atoms with E-state index in [1.165, 1.54) is 25.4 Å². The number of rotatable bonds is 7. The Balaban J connectivity index is 1.53. The highest BCUT2D eigenvalue weighted by Gasteiger charge is 2.08. The summed E-state index contributed by atoms with van der Waals surface area (Å²) in [5.41, 5.74) is 1.67. The van der Waals surface area contributed by atoms with Crippen molar-refractivity contribution in [3.8, 4) is 11.5 Å². The van der Waals surface area contributed by atoms with Gasteiger partial charge in [0.2, 0.25) is 5.91 Å². The predicted molar refractivity (Wildman–Crippen MR) is 107 cm³/mol. The second-order valence-corrected chi connectivity index (χ2v) is 6.26. The summed E-state index contributed by atoms with van der Waals surface area (Å²) in [6.07, 6.45) is 2.32. The number of hydrogen-bond acceptors (Lipinski definition) is 4. The molecule has 0 aliphatic rings. The van der Waals surface area contributed by atoms with Gasteiger partial charge in [0.05, 0.1) is 0 Å². The van der Waals surface area contributed by atoms with E-state index in [0.29, 0.717) is 23.6 Å². The van der Waals surface area contributed by atoms with Crippen LogP contribution in [0, 0.1) is 5.82 Å². The first-order valence-electron chi connectivity index (χ1n) is 9.04. The van der Waals surface area contributed by atoms with Gasteiger partial charge in [0.1, 0.15) is 23.0 Å². The number of hydrogen-bond donors (Lipinski definition) is 2. The van der Waals surface area contributed by atoms with Crippen molar-refractivity contribution in [2.24, 2.45) is 0 Å². The summed E-state index contributed by atoms with van der Waals surface area (Å²) in [4.78, 5) is 27.7. The second-order valence-electron chi connectivity index (χ2n) is 6.26. The first kappa shape index (κ1) is 20.0. The van der Waals surface area contributed by atoms with Crippen molar-refractivity contribution < 1.29 is 18.7 Å². The molecule has 0 fully saturated rings. The highest BCUT2D eigenvalue weighted by molar-refractivity contribution is 5.92. The molecule has 3 aromatic rings. The fourth-order valence-corrected chi connectivity index (χ4v) is 2.63. The lowest BCUT2D eigenvalue weighted by Gasteiger charge is -2.08. The van der Waals surface area contributed by atoms with Crippen molar-refractivity contribution in [1.29, 1.82) is 0 Å². The molecule has 0 atom stereocenters. The van der Waals surface area contributed by atoms with Crippen molar-refractivity contribution in [3.05, 3.63) is 83.9 Å². The number of anilines is 1. The smallest absolute Gasteiger partial charge is 0.269 e. The van der Waals surface area contributed by atoms with Gasteiger partial charge in [-0.25, -0.2) is 4.39 Å². The Morgan fingerprint density at radius 3 is 2.55 bits per heavy atom. The molecule has 2 N–H and O–H groups in total. The average Bonchev–Trinajstić information content (AvgIpc) is 2.73. The summed E-state index contributed by atoms with van der Waals surface area (Å²) in [7, 11) is 1.54. The lowest BCUT2D eigenvalue weighted by atomic mass is 10.1. The van der Waals surface area contributed by atoms with Gasteiger partial charge in [0.15, 0.2) is 0 Å². The zero-order valence-corrected chi connectivity index (χ0v) is 15.8. The van der Waals surface area contributed by atoms with Gasteiger partial charge in [-0.05, 0) is 48.4 Å². The Morgan fingerprint density at radius 2 is 1.83 bits per heavy atom. The van der Waals surface area contributed by atoms with E-state index in [9.17, 15) is 14.0 Å². The van der Waals surface area contributed by atoms with E-state index in [4.69, 9.17) is 4.74 Å². The molecular formula is C22H20FN3O3. The van der Waals surface area contributed by atoms with Crippen molar-refractivity contribution in [2.45, 2.75) is 12.8 Å². The summed E-state index contributed by atoms with van der Waals surface area (Å²) in [6, 6.07) is 16.3. The Bertz CT molecular complexity index is 1010. The number of aryl methyl sites for hydroxylation is 1. The number of nitrogens with one attached hydrogen (secondary N) is 2. The van der Waals surface area contributed by atoms with Crippen LogP contribution in [0.1, 0.15) is 22.5 Å². The topological polar surface area (TPSA) is 80.3 Å². The monoisotopic (exact) mass is 393 g/mol. The molecule has 7 heteroatoms. The molecule has 1 heterocycles. The summed E-state index contributed by atoms with van der Waals surface area (Å²) in [5, 5.41) is 5.19. The van der Waals surface area contributed by atoms with Crippen molar-refractivity contribution in [3.63, 3.8) is 0 Å². The highest BCUT2D eigenvalue weighted by Crippen LogP contribution is 2.22. The van der Waals surface area contributed by atoms with Crippen molar-refractivity contribution >= 4 is 17.5 Å². The van der Waals surface area contributed by atoms with E-state index in [1.54, 1.807) is 36.4 Å². The number of nitrogens with zero attached hydrogens (tertiary/aromatic N) is 1. The Hall–Kier alpha value is -3.74. The van der Waals surface area contributed by atoms with Crippen LogP contribution >= 0.6 is 0 Å². The standard InChI is InChI=1S/C22H20FN3O3/c1-24-22(28)20-14-19(11-12-25-20)29-18-8-5-15(6-9-18)7-10-21(27)26-17-4-2-3-16(23)13-17/h2-6,8-9,11-14H,7,10H2,1H3,(H,24,28)(H,26,27). The third-order valence-corrected chi connectivity index (χ3v) is 4.10. The molecule has 0 aliphatic heterocycles. The molecule has 0 unspecified atom stereocenters. The van der Waals surface area contributed by atoms with Crippen LogP contribution in [0.3, 0.4) is 0 Å². The zero-order valence-electron chi connectivity index (χ0n) is 15.8. The van der Waals surface area contributed by atoms with Crippen molar-refractivity contribution in [1.82, 2.24) is 10.3 Å². The molecule has 0 saturated carbocycles. The van der Waals surface area contributed by atoms with E-state index in [1.807, 2.05) is 12.1 Å². The molecule has 0 saturated heterocycles. The summed E-state index contributed by atoms with van der Waals surface area (Å²) >= 11 is 0. The van der Waals surface area contributed by atoms with E-state index in [2.05, 4.69) is 15.6 Å². The minimum atomic E-state index is -0.393. The van der Waals surface area contributed by atoms with Gasteiger partial charge in [-0.1, -0.05) is 18.2 Å². The Morgan fingerprint density at radius 1 is 1.03 bits per heavy atom. The minimum absolute atomic E-state index is 0.186. The third-order valence-electron chi connectivity index (χ3n) is 4.10. The number of amides is 2. The zero-order chi connectivity index (χ0) is 20.6. The number of carbonyl (C=O) groups is 2. The van der Waals surface area contributed by atoms with Crippen molar-refractivity contribution in [2.75, 3.05) is 12.4 Å². The van der Waals surface area contributed by atoms with Gasteiger partial charge in [-0.2, -0.15) is 0 Å². The van der Waals surface area contributed by atoms with Crippen LogP contribution < -0.4 is 15.4 Å². The molecule has 1 aromatic heterocycles. The van der Waals surface area contributed by atoms with Crippen LogP contribution in [0.4, 0.5) is 10.1 Å². The van der Waals surface area contributed by atoms with Crippen LogP contribution in [-0.4, -0.2) is 23.8 Å². The number of aromatic nitrogens is 1. The summed E-state index contributed by atoms with van der Waals surface area (Å²) in [6.45, 7) is 0. The molecule has 3 rings (SSSR count). The van der Waals surface area contributed by atoms with Crippen LogP contribution in [-0.2, 0) is 11.2 Å². The fraction of sp³-hybridized carbons (Fsp3) is 0.136. The van der Waals surface area contributed by atoms with Crippen LogP contribution in [0.5, 0.6) is 11.5 Å². The molecule has 2 amide bonds. The van der Waals surface area contributed by atoms with Gasteiger partial charge in [-0.3, -0.25) is 14.6 Å². The normalized spacial score (nSPS) is 10.3. The number of carbonyl (C=O) groups excluding carboxylic acids is 2. The molecule has 0 aliphatic carbocycles. The van der Waals surface area contributed by atoms with Crippen LogP contribution in [0.25, 0.3) is 0 Å². The maximum atomic E-state index is 13.2. The van der Waals surface area contributed by atoms with Crippen LogP contribution in [0.15, 0.2) is 66.9 Å². The SMILES string of the molecule is CNC(=O)c1cc(Oc2ccc(CCC(=O)Nc3cccc(F)c3)cc2)ccn1. The van der Waals surface area contributed by atoms with Gasteiger partial charge >= 0.3 is 0 Å². The van der Waals surface area contributed by atoms with E-state index in [-0.39, 0.29) is 23.9 Å². The average molecular weight is 393 g/mol. The summed E-state index contributed by atoms with van der Waals surface area (Å²) in [5.74, 6) is 0.236. The molecule has 0 bridgehead atoms. The number of halogens is 1. The molecular weight excluding hydrogens is 373 g/mol. The third kappa shape index (κ3) is 5.87. The lowest BCUT2D eigenvalue weighted by Crippen LogP contribution is -2.18. The second kappa shape index (κ2) is 9.45.